The number of anilines is 2. The Labute approximate surface area is 165 Å². The van der Waals surface area contributed by atoms with Crippen molar-refractivity contribution in [1.29, 1.82) is 0 Å². The van der Waals surface area contributed by atoms with E-state index in [2.05, 4.69) is 10.3 Å². The summed E-state index contributed by atoms with van der Waals surface area (Å²) in [5.74, 6) is -0.366. The second-order valence-corrected chi connectivity index (χ2v) is 8.41. The molecule has 0 unspecified atom stereocenters. The molecular formula is C20H19N3O2S2. The van der Waals surface area contributed by atoms with Crippen LogP contribution >= 0.6 is 22.7 Å². The molecule has 27 heavy (non-hydrogen) atoms. The second-order valence-electron chi connectivity index (χ2n) is 6.53. The van der Waals surface area contributed by atoms with Gasteiger partial charge >= 0.3 is 0 Å². The van der Waals surface area contributed by atoms with E-state index < -0.39 is 0 Å². The quantitative estimate of drug-likeness (QED) is 0.698. The van der Waals surface area contributed by atoms with Crippen LogP contribution in [-0.2, 0) is 9.59 Å². The van der Waals surface area contributed by atoms with E-state index in [4.69, 9.17) is 0 Å². The number of aromatic nitrogens is 1. The van der Waals surface area contributed by atoms with Crippen molar-refractivity contribution < 1.29 is 9.59 Å². The predicted octanol–water partition coefficient (Wildman–Crippen LogP) is 4.64. The number of benzene rings is 1. The van der Waals surface area contributed by atoms with Crippen LogP contribution in [0.15, 0.2) is 53.4 Å². The van der Waals surface area contributed by atoms with Crippen LogP contribution in [0.5, 0.6) is 0 Å². The van der Waals surface area contributed by atoms with Gasteiger partial charge in [-0.1, -0.05) is 23.8 Å². The molecule has 1 aliphatic rings. The Morgan fingerprint density at radius 3 is 2.67 bits per heavy atom. The van der Waals surface area contributed by atoms with Crippen LogP contribution < -0.4 is 10.2 Å². The highest BCUT2D eigenvalue weighted by molar-refractivity contribution is 7.13. The van der Waals surface area contributed by atoms with Gasteiger partial charge in [0.25, 0.3) is 0 Å². The highest BCUT2D eigenvalue weighted by atomic mass is 32.1. The van der Waals surface area contributed by atoms with Gasteiger partial charge in [-0.3, -0.25) is 9.59 Å². The van der Waals surface area contributed by atoms with E-state index in [1.54, 1.807) is 22.4 Å². The van der Waals surface area contributed by atoms with E-state index in [0.29, 0.717) is 18.0 Å². The van der Waals surface area contributed by atoms with E-state index in [0.717, 1.165) is 16.1 Å². The summed E-state index contributed by atoms with van der Waals surface area (Å²) >= 11 is 2.97. The molecule has 0 aliphatic carbocycles. The first-order chi connectivity index (χ1) is 13.1. The van der Waals surface area contributed by atoms with Crippen molar-refractivity contribution in [2.24, 2.45) is 5.92 Å². The first kappa shape index (κ1) is 17.9. The lowest BCUT2D eigenvalue weighted by molar-refractivity contribution is -0.125. The lowest BCUT2D eigenvalue weighted by Crippen LogP contribution is -2.46. The number of thiazole rings is 1. The number of hydrogen-bond acceptors (Lipinski definition) is 5. The van der Waals surface area contributed by atoms with Crippen molar-refractivity contribution in [3.8, 4) is 0 Å². The molecule has 0 bridgehead atoms. The molecule has 0 saturated carbocycles. The molecule has 1 N–H and O–H groups in total. The number of amides is 2. The van der Waals surface area contributed by atoms with E-state index in [9.17, 15) is 9.59 Å². The molecule has 7 heteroatoms. The third-order valence-corrected chi connectivity index (χ3v) is 6.37. The average Bonchev–Trinajstić information content (AvgIpc) is 3.36. The zero-order valence-corrected chi connectivity index (χ0v) is 16.4. The predicted molar refractivity (Wildman–Crippen MR) is 109 cm³/mol. The van der Waals surface area contributed by atoms with Gasteiger partial charge in [-0.25, -0.2) is 4.98 Å². The highest BCUT2D eigenvalue weighted by Gasteiger charge is 2.42. The lowest BCUT2D eigenvalue weighted by atomic mass is 9.86. The number of carbonyl (C=O) groups excluding carboxylic acids is 2. The molecule has 5 nitrogen and oxygen atoms in total. The van der Waals surface area contributed by atoms with Crippen molar-refractivity contribution in [2.75, 3.05) is 10.2 Å². The van der Waals surface area contributed by atoms with Gasteiger partial charge in [-0.15, -0.1) is 22.7 Å². The molecule has 0 radical (unpaired) electrons. The van der Waals surface area contributed by atoms with Gasteiger partial charge in [-0.2, -0.15) is 0 Å². The molecule has 2 aromatic heterocycles. The van der Waals surface area contributed by atoms with Crippen molar-refractivity contribution >= 4 is 45.3 Å². The minimum absolute atomic E-state index is 0.0514. The van der Waals surface area contributed by atoms with Crippen LogP contribution in [0.3, 0.4) is 0 Å². The summed E-state index contributed by atoms with van der Waals surface area (Å²) in [6, 6.07) is 11.5. The molecule has 3 aromatic rings. The molecule has 1 aliphatic heterocycles. The smallest absolute Gasteiger partial charge is 0.231 e. The Kier molecular flexibility index (Phi) is 5.05. The molecule has 4 rings (SSSR count). The number of aryl methyl sites for hydroxylation is 1. The first-order valence-corrected chi connectivity index (χ1v) is 10.5. The Morgan fingerprint density at radius 1 is 1.19 bits per heavy atom. The summed E-state index contributed by atoms with van der Waals surface area (Å²) in [5, 5.41) is 7.31. The molecular weight excluding hydrogens is 378 g/mol. The number of piperidine rings is 1. The maximum absolute atomic E-state index is 13.0. The summed E-state index contributed by atoms with van der Waals surface area (Å²) in [5.41, 5.74) is 1.96. The first-order valence-electron chi connectivity index (χ1n) is 8.76. The summed E-state index contributed by atoms with van der Waals surface area (Å²) in [7, 11) is 0. The Bertz CT molecular complexity index is 921. The van der Waals surface area contributed by atoms with Crippen LogP contribution in [0.25, 0.3) is 0 Å². The zero-order valence-electron chi connectivity index (χ0n) is 14.8. The van der Waals surface area contributed by atoms with Crippen molar-refractivity contribution in [3.05, 3.63) is 63.8 Å². The normalized spacial score (nSPS) is 19.9. The maximum atomic E-state index is 13.0. The van der Waals surface area contributed by atoms with Crippen LogP contribution in [-0.4, -0.2) is 16.8 Å². The number of hydrogen-bond donors (Lipinski definition) is 1. The van der Waals surface area contributed by atoms with Crippen LogP contribution in [0.1, 0.15) is 29.3 Å². The van der Waals surface area contributed by atoms with Gasteiger partial charge in [0.15, 0.2) is 5.13 Å². The molecule has 138 valence electrons. The maximum Gasteiger partial charge on any atom is 0.231 e. The van der Waals surface area contributed by atoms with E-state index >= 15 is 0 Å². The molecule has 0 spiro atoms. The molecule has 1 fully saturated rings. The average molecular weight is 398 g/mol. The number of nitrogens with zero attached hydrogens (tertiary/aromatic N) is 2. The summed E-state index contributed by atoms with van der Waals surface area (Å²) in [6.45, 7) is 2.02. The van der Waals surface area contributed by atoms with E-state index in [1.807, 2.05) is 54.1 Å². The Morgan fingerprint density at radius 2 is 2.00 bits per heavy atom. The minimum Gasteiger partial charge on any atom is -0.303 e. The van der Waals surface area contributed by atoms with Gasteiger partial charge < -0.3 is 10.2 Å². The van der Waals surface area contributed by atoms with Crippen molar-refractivity contribution in [3.63, 3.8) is 0 Å². The van der Waals surface area contributed by atoms with E-state index in [-0.39, 0.29) is 23.8 Å². The standard InChI is InChI=1S/C20H19N3O2S2/c1-13-4-6-14(7-5-13)23-17(24)9-8-15(18(23)16-3-2-11-26-16)19(25)22-20-21-10-12-27-20/h2-7,10-12,15,18H,8-9H2,1H3,(H,21,22,25)/t15-,18+/m0/s1. The minimum atomic E-state index is -0.327. The van der Waals surface area contributed by atoms with Gasteiger partial charge in [0.05, 0.1) is 12.0 Å². The number of nitrogens with one attached hydrogen (secondary N) is 1. The van der Waals surface area contributed by atoms with Crippen LogP contribution in [0.2, 0.25) is 0 Å². The van der Waals surface area contributed by atoms with Crippen molar-refractivity contribution in [1.82, 2.24) is 4.98 Å². The monoisotopic (exact) mass is 397 g/mol. The van der Waals surface area contributed by atoms with Crippen LogP contribution in [0.4, 0.5) is 10.8 Å². The SMILES string of the molecule is Cc1ccc(N2C(=O)CC[C@H](C(=O)Nc3nccs3)[C@@H]2c2cccs2)cc1. The number of thiophene rings is 1. The van der Waals surface area contributed by atoms with Gasteiger partial charge in [-0.05, 0) is 36.9 Å². The van der Waals surface area contributed by atoms with Crippen LogP contribution in [0, 0.1) is 12.8 Å². The highest BCUT2D eigenvalue weighted by Crippen LogP contribution is 2.42. The lowest BCUT2D eigenvalue weighted by Gasteiger charge is -2.40. The zero-order chi connectivity index (χ0) is 18.8. The third kappa shape index (κ3) is 3.65. The fraction of sp³-hybridized carbons (Fsp3) is 0.250. The molecule has 1 saturated heterocycles. The van der Waals surface area contributed by atoms with Gasteiger partial charge in [0, 0.05) is 28.6 Å². The topological polar surface area (TPSA) is 62.3 Å². The molecule has 1 aromatic carbocycles. The summed E-state index contributed by atoms with van der Waals surface area (Å²) in [4.78, 5) is 32.8. The van der Waals surface area contributed by atoms with Gasteiger partial charge in [0.2, 0.25) is 11.8 Å². The summed E-state index contributed by atoms with van der Waals surface area (Å²) in [6.07, 6.45) is 2.55. The van der Waals surface area contributed by atoms with Crippen molar-refractivity contribution in [2.45, 2.75) is 25.8 Å². The number of carbonyl (C=O) groups is 2. The fourth-order valence-electron chi connectivity index (χ4n) is 3.45. The Balaban J connectivity index is 1.71. The largest absolute Gasteiger partial charge is 0.303 e. The molecule has 2 amide bonds. The second kappa shape index (κ2) is 7.62. The third-order valence-electron chi connectivity index (χ3n) is 4.74. The van der Waals surface area contributed by atoms with E-state index in [1.165, 1.54) is 11.3 Å². The number of rotatable bonds is 4. The fourth-order valence-corrected chi connectivity index (χ4v) is 4.86. The molecule has 2 atom stereocenters. The molecule has 3 heterocycles. The summed E-state index contributed by atoms with van der Waals surface area (Å²) < 4.78 is 0. The van der Waals surface area contributed by atoms with Gasteiger partial charge in [0.1, 0.15) is 0 Å². The Hall–Kier alpha value is -2.51.